The summed E-state index contributed by atoms with van der Waals surface area (Å²) < 4.78 is 34.8. The molecule has 0 unspecified atom stereocenters. The summed E-state index contributed by atoms with van der Waals surface area (Å²) in [7, 11) is 3.15. The standard InChI is InChI=1S/C15H24N2O5S/c1-17(2)9-8-16-15(18)7-10-23(19,20)12-5-6-13(21-3)14(11-12)22-4/h5-6,11H,7-10H2,1-4H3,(H,16,18). The van der Waals surface area contributed by atoms with Gasteiger partial charge in [0.15, 0.2) is 21.3 Å². The SMILES string of the molecule is COc1ccc(S(=O)(=O)CCC(=O)NCCN(C)C)cc1OC. The summed E-state index contributed by atoms with van der Waals surface area (Å²) >= 11 is 0. The van der Waals surface area contributed by atoms with Gasteiger partial charge in [-0.1, -0.05) is 0 Å². The Kier molecular flexibility index (Phi) is 7.31. The molecule has 0 saturated heterocycles. The van der Waals surface area contributed by atoms with Crippen LogP contribution in [0.4, 0.5) is 0 Å². The lowest BCUT2D eigenvalue weighted by molar-refractivity contribution is -0.120. The molecule has 0 aliphatic rings. The van der Waals surface area contributed by atoms with Gasteiger partial charge < -0.3 is 19.7 Å². The Balaban J connectivity index is 2.67. The minimum atomic E-state index is -3.56. The van der Waals surface area contributed by atoms with Crippen molar-refractivity contribution in [2.45, 2.75) is 11.3 Å². The van der Waals surface area contributed by atoms with Gasteiger partial charge in [-0.25, -0.2) is 8.42 Å². The molecule has 130 valence electrons. The van der Waals surface area contributed by atoms with E-state index in [4.69, 9.17) is 9.47 Å². The number of sulfone groups is 1. The van der Waals surface area contributed by atoms with Crippen LogP contribution in [0.5, 0.6) is 11.5 Å². The quantitative estimate of drug-likeness (QED) is 0.704. The van der Waals surface area contributed by atoms with Gasteiger partial charge in [0.05, 0.1) is 24.9 Å². The fourth-order valence-electron chi connectivity index (χ4n) is 1.86. The first-order chi connectivity index (χ1) is 10.8. The highest BCUT2D eigenvalue weighted by atomic mass is 32.2. The minimum absolute atomic E-state index is 0.0793. The highest BCUT2D eigenvalue weighted by Gasteiger charge is 2.18. The average Bonchev–Trinajstić information content (AvgIpc) is 2.52. The Bertz CT molecular complexity index is 629. The topological polar surface area (TPSA) is 84.9 Å². The third kappa shape index (κ3) is 6.07. The maximum atomic E-state index is 12.3. The van der Waals surface area contributed by atoms with Crippen molar-refractivity contribution in [2.75, 3.05) is 47.2 Å². The van der Waals surface area contributed by atoms with E-state index in [2.05, 4.69) is 5.32 Å². The molecule has 0 aliphatic carbocycles. The molecule has 0 aromatic heterocycles. The predicted molar refractivity (Wildman–Crippen MR) is 87.8 cm³/mol. The van der Waals surface area contributed by atoms with Crippen LogP contribution in [0.25, 0.3) is 0 Å². The van der Waals surface area contributed by atoms with E-state index in [0.29, 0.717) is 24.6 Å². The van der Waals surface area contributed by atoms with E-state index in [1.807, 2.05) is 19.0 Å². The highest BCUT2D eigenvalue weighted by molar-refractivity contribution is 7.91. The zero-order valence-corrected chi connectivity index (χ0v) is 14.8. The van der Waals surface area contributed by atoms with E-state index < -0.39 is 9.84 Å². The van der Waals surface area contributed by atoms with Crippen LogP contribution < -0.4 is 14.8 Å². The third-order valence-corrected chi connectivity index (χ3v) is 4.91. The molecule has 0 fully saturated rings. The van der Waals surface area contributed by atoms with E-state index in [1.54, 1.807) is 0 Å². The summed E-state index contributed by atoms with van der Waals surface area (Å²) in [6.45, 7) is 1.19. The van der Waals surface area contributed by atoms with Crippen molar-refractivity contribution in [1.82, 2.24) is 10.2 Å². The molecule has 0 aliphatic heterocycles. The monoisotopic (exact) mass is 344 g/mol. The maximum absolute atomic E-state index is 12.3. The van der Waals surface area contributed by atoms with Gasteiger partial charge in [-0.05, 0) is 26.2 Å². The van der Waals surface area contributed by atoms with E-state index in [9.17, 15) is 13.2 Å². The molecule has 1 aromatic carbocycles. The lowest BCUT2D eigenvalue weighted by Gasteiger charge is -2.11. The van der Waals surface area contributed by atoms with Crippen LogP contribution >= 0.6 is 0 Å². The Morgan fingerprint density at radius 2 is 1.83 bits per heavy atom. The molecule has 0 spiro atoms. The smallest absolute Gasteiger partial charge is 0.221 e. The summed E-state index contributed by atoms with van der Waals surface area (Å²) in [6, 6.07) is 4.38. The first-order valence-electron chi connectivity index (χ1n) is 7.16. The molecular formula is C15H24N2O5S. The number of hydrogen-bond acceptors (Lipinski definition) is 6. The van der Waals surface area contributed by atoms with Gasteiger partial charge in [0.1, 0.15) is 0 Å². The second-order valence-corrected chi connectivity index (χ2v) is 7.35. The van der Waals surface area contributed by atoms with E-state index >= 15 is 0 Å². The second-order valence-electron chi connectivity index (χ2n) is 5.24. The van der Waals surface area contributed by atoms with Crippen LogP contribution in [0.15, 0.2) is 23.1 Å². The number of likely N-dealkylation sites (N-methyl/N-ethyl adjacent to an activating group) is 1. The van der Waals surface area contributed by atoms with Gasteiger partial charge in [0.2, 0.25) is 5.91 Å². The number of hydrogen-bond donors (Lipinski definition) is 1. The molecule has 1 N–H and O–H groups in total. The molecule has 8 heteroatoms. The summed E-state index contributed by atoms with van der Waals surface area (Å²) in [4.78, 5) is 13.7. The van der Waals surface area contributed by atoms with Gasteiger partial charge in [0, 0.05) is 25.6 Å². The van der Waals surface area contributed by atoms with E-state index in [0.717, 1.165) is 0 Å². The highest BCUT2D eigenvalue weighted by Crippen LogP contribution is 2.29. The molecule has 1 rings (SSSR count). The number of carbonyl (C=O) groups is 1. The zero-order valence-electron chi connectivity index (χ0n) is 14.0. The first-order valence-corrected chi connectivity index (χ1v) is 8.81. The Morgan fingerprint density at radius 3 is 2.39 bits per heavy atom. The number of methoxy groups -OCH3 is 2. The molecule has 1 aromatic rings. The van der Waals surface area contributed by atoms with Gasteiger partial charge in [-0.15, -0.1) is 0 Å². The number of rotatable bonds is 9. The number of nitrogens with zero attached hydrogens (tertiary/aromatic N) is 1. The van der Waals surface area contributed by atoms with Gasteiger partial charge in [-0.3, -0.25) is 4.79 Å². The van der Waals surface area contributed by atoms with Gasteiger partial charge in [-0.2, -0.15) is 0 Å². The average molecular weight is 344 g/mol. The third-order valence-electron chi connectivity index (χ3n) is 3.19. The van der Waals surface area contributed by atoms with Crippen molar-refractivity contribution in [3.8, 4) is 11.5 Å². The van der Waals surface area contributed by atoms with E-state index in [-0.39, 0.29) is 23.0 Å². The largest absolute Gasteiger partial charge is 0.493 e. The molecule has 23 heavy (non-hydrogen) atoms. The minimum Gasteiger partial charge on any atom is -0.493 e. The van der Waals surface area contributed by atoms with Crippen molar-refractivity contribution >= 4 is 15.7 Å². The van der Waals surface area contributed by atoms with Crippen LogP contribution in [0.2, 0.25) is 0 Å². The summed E-state index contributed by atoms with van der Waals surface area (Å²) in [5.74, 6) is 0.254. The van der Waals surface area contributed by atoms with Crippen LogP contribution in [0, 0.1) is 0 Å². The number of amides is 1. The number of carbonyl (C=O) groups excluding carboxylic acids is 1. The van der Waals surface area contributed by atoms with Crippen molar-refractivity contribution in [1.29, 1.82) is 0 Å². The number of ether oxygens (including phenoxy) is 2. The normalized spacial score (nSPS) is 11.3. The number of nitrogens with one attached hydrogen (secondary N) is 1. The number of benzene rings is 1. The first kappa shape index (κ1) is 19.2. The summed E-state index contributed by atoms with van der Waals surface area (Å²) in [5.41, 5.74) is 0. The van der Waals surface area contributed by atoms with Crippen LogP contribution in [0.1, 0.15) is 6.42 Å². The second kappa shape index (κ2) is 8.73. The Hall–Kier alpha value is -1.80. The zero-order chi connectivity index (χ0) is 17.5. The summed E-state index contributed by atoms with van der Waals surface area (Å²) in [5, 5.41) is 2.69. The van der Waals surface area contributed by atoms with E-state index in [1.165, 1.54) is 32.4 Å². The van der Waals surface area contributed by atoms with Crippen molar-refractivity contribution < 1.29 is 22.7 Å². The fourth-order valence-corrected chi connectivity index (χ4v) is 3.11. The Morgan fingerprint density at radius 1 is 1.17 bits per heavy atom. The van der Waals surface area contributed by atoms with Crippen molar-refractivity contribution in [2.24, 2.45) is 0 Å². The summed E-state index contributed by atoms with van der Waals surface area (Å²) in [6.07, 6.45) is -0.0793. The molecule has 1 amide bonds. The van der Waals surface area contributed by atoms with Crippen LogP contribution in [-0.4, -0.2) is 66.4 Å². The van der Waals surface area contributed by atoms with Gasteiger partial charge in [0.25, 0.3) is 0 Å². The molecule has 0 saturated carbocycles. The van der Waals surface area contributed by atoms with Gasteiger partial charge >= 0.3 is 0 Å². The molecule has 0 bridgehead atoms. The molecule has 0 radical (unpaired) electrons. The lowest BCUT2D eigenvalue weighted by Crippen LogP contribution is -2.32. The lowest BCUT2D eigenvalue weighted by atomic mass is 10.3. The Labute approximate surface area is 137 Å². The predicted octanol–water partition coefficient (Wildman–Crippen LogP) is 0.545. The molecular weight excluding hydrogens is 320 g/mol. The maximum Gasteiger partial charge on any atom is 0.221 e. The van der Waals surface area contributed by atoms with Crippen molar-refractivity contribution in [3.63, 3.8) is 0 Å². The molecule has 7 nitrogen and oxygen atoms in total. The molecule has 0 heterocycles. The van der Waals surface area contributed by atoms with Crippen LogP contribution in [-0.2, 0) is 14.6 Å². The van der Waals surface area contributed by atoms with Crippen molar-refractivity contribution in [3.05, 3.63) is 18.2 Å². The fraction of sp³-hybridized carbons (Fsp3) is 0.533. The van der Waals surface area contributed by atoms with Crippen LogP contribution in [0.3, 0.4) is 0 Å². The molecule has 0 atom stereocenters.